The molecule has 1 atom stereocenters. The lowest BCUT2D eigenvalue weighted by molar-refractivity contribution is -0.420. The molecule has 0 aliphatic heterocycles. The zero-order chi connectivity index (χ0) is 11.5. The van der Waals surface area contributed by atoms with Gasteiger partial charge in [0.1, 0.15) is 0 Å². The summed E-state index contributed by atoms with van der Waals surface area (Å²) in [5.74, 6) is 0. The molecule has 3 N–H and O–H groups in total. The summed E-state index contributed by atoms with van der Waals surface area (Å²) in [5, 5.41) is 13.9. The molecule has 15 heavy (non-hydrogen) atoms. The number of nitro groups is 1. The van der Waals surface area contributed by atoms with E-state index in [1.807, 2.05) is 19.9 Å². The summed E-state index contributed by atoms with van der Waals surface area (Å²) in [6.45, 7) is 4.87. The van der Waals surface area contributed by atoms with Crippen molar-refractivity contribution in [2.24, 2.45) is 5.73 Å². The Bertz CT molecular complexity index is 323. The van der Waals surface area contributed by atoms with Crippen LogP contribution in [0.4, 0.5) is 0 Å². The highest BCUT2D eigenvalue weighted by Gasteiger charge is 2.31. The van der Waals surface area contributed by atoms with Gasteiger partial charge in [0.2, 0.25) is 0 Å². The first kappa shape index (κ1) is 11.7. The number of allylic oxidation sites excluding steroid dienone is 1. The van der Waals surface area contributed by atoms with E-state index in [1.54, 1.807) is 0 Å². The number of hydrogen-bond acceptors (Lipinski definition) is 4. The molecule has 0 saturated heterocycles. The van der Waals surface area contributed by atoms with Gasteiger partial charge in [-0.05, 0) is 13.0 Å². The molecule has 1 aliphatic rings. The minimum atomic E-state index is -0.433. The first-order valence-corrected chi connectivity index (χ1v) is 5.12. The Morgan fingerprint density at radius 2 is 2.33 bits per heavy atom. The topological polar surface area (TPSA) is 81.2 Å². The van der Waals surface area contributed by atoms with E-state index >= 15 is 0 Å². The lowest BCUT2D eigenvalue weighted by Gasteiger charge is -2.32. The standard InChI is InChI=1S/C10H17N3O2/c1-3-10(12-4-2)6-5-9(13(14)15)8(11)7-10/h5-6,12H,3-4,7,11H2,1-2H3. The van der Waals surface area contributed by atoms with Crippen molar-refractivity contribution in [2.45, 2.75) is 32.2 Å². The summed E-state index contributed by atoms with van der Waals surface area (Å²) >= 11 is 0. The van der Waals surface area contributed by atoms with Gasteiger partial charge in [0.15, 0.2) is 0 Å². The van der Waals surface area contributed by atoms with E-state index in [-0.39, 0.29) is 11.2 Å². The third-order valence-corrected chi connectivity index (χ3v) is 2.75. The number of hydrogen-bond donors (Lipinski definition) is 2. The molecule has 1 rings (SSSR count). The maximum atomic E-state index is 10.6. The first-order valence-electron chi connectivity index (χ1n) is 5.12. The molecule has 0 spiro atoms. The van der Waals surface area contributed by atoms with Gasteiger partial charge in [-0.25, -0.2) is 0 Å². The van der Waals surface area contributed by atoms with Crippen LogP contribution >= 0.6 is 0 Å². The SMILES string of the molecule is CCNC1(CC)C=CC([N+](=O)[O-])=C(N)C1. The van der Waals surface area contributed by atoms with Crippen molar-refractivity contribution in [1.29, 1.82) is 0 Å². The van der Waals surface area contributed by atoms with E-state index in [2.05, 4.69) is 5.32 Å². The van der Waals surface area contributed by atoms with Gasteiger partial charge in [-0.3, -0.25) is 10.1 Å². The summed E-state index contributed by atoms with van der Waals surface area (Å²) in [6, 6.07) is 0. The van der Waals surface area contributed by atoms with Gasteiger partial charge in [0.25, 0.3) is 5.70 Å². The smallest absolute Gasteiger partial charge is 0.287 e. The van der Waals surface area contributed by atoms with Crippen LogP contribution in [-0.4, -0.2) is 17.0 Å². The van der Waals surface area contributed by atoms with Gasteiger partial charge in [-0.1, -0.05) is 19.9 Å². The van der Waals surface area contributed by atoms with Crippen LogP contribution < -0.4 is 11.1 Å². The van der Waals surface area contributed by atoms with E-state index in [9.17, 15) is 10.1 Å². The van der Waals surface area contributed by atoms with Crippen LogP contribution in [0.1, 0.15) is 26.7 Å². The zero-order valence-electron chi connectivity index (χ0n) is 9.12. The molecule has 0 amide bonds. The molecular weight excluding hydrogens is 194 g/mol. The molecule has 5 nitrogen and oxygen atoms in total. The number of likely N-dealkylation sites (N-methyl/N-ethyl adjacent to an activating group) is 1. The number of nitrogens with zero attached hydrogens (tertiary/aromatic N) is 1. The highest BCUT2D eigenvalue weighted by molar-refractivity contribution is 5.29. The van der Waals surface area contributed by atoms with E-state index in [0.29, 0.717) is 12.1 Å². The largest absolute Gasteiger partial charge is 0.396 e. The molecule has 0 heterocycles. The van der Waals surface area contributed by atoms with Gasteiger partial charge in [0.05, 0.1) is 10.6 Å². The van der Waals surface area contributed by atoms with Gasteiger partial charge in [-0.15, -0.1) is 0 Å². The predicted molar refractivity (Wildman–Crippen MR) is 58.7 cm³/mol. The average molecular weight is 211 g/mol. The molecule has 1 aliphatic carbocycles. The minimum Gasteiger partial charge on any atom is -0.396 e. The van der Waals surface area contributed by atoms with Gasteiger partial charge in [0, 0.05) is 18.0 Å². The second-order valence-corrected chi connectivity index (χ2v) is 3.72. The maximum absolute atomic E-state index is 10.6. The van der Waals surface area contributed by atoms with Crippen molar-refractivity contribution in [3.63, 3.8) is 0 Å². The average Bonchev–Trinajstić information content (AvgIpc) is 2.17. The zero-order valence-corrected chi connectivity index (χ0v) is 9.12. The fraction of sp³-hybridized carbons (Fsp3) is 0.600. The van der Waals surface area contributed by atoms with Crippen LogP contribution in [0.3, 0.4) is 0 Å². The molecule has 84 valence electrons. The summed E-state index contributed by atoms with van der Waals surface area (Å²) in [7, 11) is 0. The first-order chi connectivity index (χ1) is 7.04. The van der Waals surface area contributed by atoms with Crippen LogP contribution in [0.5, 0.6) is 0 Å². The summed E-state index contributed by atoms with van der Waals surface area (Å²) in [5.41, 5.74) is 5.88. The van der Waals surface area contributed by atoms with Gasteiger partial charge in [-0.2, -0.15) is 0 Å². The molecule has 0 bridgehead atoms. The molecule has 0 saturated carbocycles. The van der Waals surface area contributed by atoms with Crippen molar-refractivity contribution in [3.8, 4) is 0 Å². The normalized spacial score (nSPS) is 25.7. The van der Waals surface area contributed by atoms with Crippen molar-refractivity contribution in [1.82, 2.24) is 5.32 Å². The van der Waals surface area contributed by atoms with E-state index in [1.165, 1.54) is 6.08 Å². The summed E-state index contributed by atoms with van der Waals surface area (Å²) < 4.78 is 0. The molecule has 5 heteroatoms. The third kappa shape index (κ3) is 2.36. The molecule has 1 unspecified atom stereocenters. The van der Waals surface area contributed by atoms with Crippen LogP contribution in [0, 0.1) is 10.1 Å². The maximum Gasteiger partial charge on any atom is 0.287 e. The third-order valence-electron chi connectivity index (χ3n) is 2.75. The number of rotatable bonds is 4. The highest BCUT2D eigenvalue weighted by Crippen LogP contribution is 2.27. The van der Waals surface area contributed by atoms with Crippen molar-refractivity contribution < 1.29 is 4.92 Å². The predicted octanol–water partition coefficient (Wildman–Crippen LogP) is 1.15. The fourth-order valence-corrected chi connectivity index (χ4v) is 1.85. The second-order valence-electron chi connectivity index (χ2n) is 3.72. The molecule has 0 aromatic heterocycles. The Morgan fingerprint density at radius 3 is 2.73 bits per heavy atom. The molecule has 0 fully saturated rings. The minimum absolute atomic E-state index is 0.0250. The number of nitrogens with two attached hydrogens (primary N) is 1. The molecular formula is C10H17N3O2. The summed E-state index contributed by atoms with van der Waals surface area (Å²) in [6.07, 6.45) is 4.73. The van der Waals surface area contributed by atoms with E-state index in [4.69, 9.17) is 5.73 Å². The molecule has 0 radical (unpaired) electrons. The van der Waals surface area contributed by atoms with Crippen LogP contribution in [0.2, 0.25) is 0 Å². The lowest BCUT2D eigenvalue weighted by atomic mass is 9.86. The quantitative estimate of drug-likeness (QED) is 0.540. The fourth-order valence-electron chi connectivity index (χ4n) is 1.85. The van der Waals surface area contributed by atoms with Gasteiger partial charge < -0.3 is 11.1 Å². The van der Waals surface area contributed by atoms with Crippen molar-refractivity contribution >= 4 is 0 Å². The van der Waals surface area contributed by atoms with Crippen LogP contribution in [0.25, 0.3) is 0 Å². The Kier molecular flexibility index (Phi) is 3.47. The molecule has 0 aromatic rings. The van der Waals surface area contributed by atoms with E-state index in [0.717, 1.165) is 13.0 Å². The van der Waals surface area contributed by atoms with Crippen LogP contribution in [0.15, 0.2) is 23.5 Å². The highest BCUT2D eigenvalue weighted by atomic mass is 16.6. The Labute approximate surface area is 89.2 Å². The molecule has 0 aromatic carbocycles. The van der Waals surface area contributed by atoms with Gasteiger partial charge >= 0.3 is 0 Å². The van der Waals surface area contributed by atoms with Crippen molar-refractivity contribution in [2.75, 3.05) is 6.54 Å². The lowest BCUT2D eigenvalue weighted by Crippen LogP contribution is -2.45. The number of nitrogens with one attached hydrogen (secondary N) is 1. The second kappa shape index (κ2) is 4.44. The Morgan fingerprint density at radius 1 is 1.67 bits per heavy atom. The monoisotopic (exact) mass is 211 g/mol. The Balaban J connectivity index is 2.91. The van der Waals surface area contributed by atoms with Crippen molar-refractivity contribution in [3.05, 3.63) is 33.7 Å². The Hall–Kier alpha value is -1.36. The van der Waals surface area contributed by atoms with E-state index < -0.39 is 4.92 Å². The van der Waals surface area contributed by atoms with Crippen LogP contribution in [-0.2, 0) is 0 Å². The summed E-state index contributed by atoms with van der Waals surface area (Å²) in [4.78, 5) is 10.2.